The molecule has 0 fully saturated rings. The second kappa shape index (κ2) is 9.94. The Morgan fingerprint density at radius 1 is 1.05 bits per heavy atom. The summed E-state index contributed by atoms with van der Waals surface area (Å²) in [7, 11) is -1.03. The lowest BCUT2D eigenvalue weighted by Crippen LogP contribution is -2.42. The SMILES string of the molecule is COc1cccc(OC)c1-n1c(CS(=O)(=O)[C@H](C)[C@](C)(O)c2ncc(C)cn2)nnc1-c1ccc(C)o1. The number of hydrogen-bond donors (Lipinski definition) is 1. The van der Waals surface area contributed by atoms with Crippen molar-refractivity contribution >= 4 is 9.84 Å². The van der Waals surface area contributed by atoms with Gasteiger partial charge in [0.1, 0.15) is 34.3 Å². The van der Waals surface area contributed by atoms with Gasteiger partial charge in [0, 0.05) is 12.4 Å². The Hall–Kier alpha value is -3.77. The first-order valence-electron chi connectivity index (χ1n) is 11.4. The molecule has 4 aromatic rings. The predicted octanol–water partition coefficient (Wildman–Crippen LogP) is 3.16. The minimum Gasteiger partial charge on any atom is -0.494 e. The largest absolute Gasteiger partial charge is 0.494 e. The molecule has 0 amide bonds. The number of ether oxygens (including phenoxy) is 2. The van der Waals surface area contributed by atoms with Gasteiger partial charge < -0.3 is 19.0 Å². The first-order valence-corrected chi connectivity index (χ1v) is 13.2. The molecule has 0 saturated heterocycles. The number of aliphatic hydroxyl groups is 1. The van der Waals surface area contributed by atoms with Crippen LogP contribution in [0.15, 0.2) is 47.1 Å². The van der Waals surface area contributed by atoms with E-state index in [1.807, 2.05) is 0 Å². The van der Waals surface area contributed by atoms with Crippen molar-refractivity contribution in [1.82, 2.24) is 24.7 Å². The first-order chi connectivity index (χ1) is 17.5. The fourth-order valence-electron chi connectivity index (χ4n) is 3.90. The number of benzene rings is 1. The molecule has 3 heterocycles. The zero-order valence-electron chi connectivity index (χ0n) is 21.5. The maximum absolute atomic E-state index is 13.6. The monoisotopic (exact) mass is 527 g/mol. The number of rotatable bonds is 9. The van der Waals surface area contributed by atoms with Gasteiger partial charge in [0.15, 0.2) is 27.2 Å². The van der Waals surface area contributed by atoms with Crippen LogP contribution in [0.1, 0.15) is 36.8 Å². The highest BCUT2D eigenvalue weighted by Gasteiger charge is 2.42. The van der Waals surface area contributed by atoms with Gasteiger partial charge in [-0.15, -0.1) is 10.2 Å². The lowest BCUT2D eigenvalue weighted by molar-refractivity contribution is 0.0469. The van der Waals surface area contributed by atoms with E-state index in [1.165, 1.54) is 45.0 Å². The third kappa shape index (κ3) is 4.94. The quantitative estimate of drug-likeness (QED) is 0.345. The Labute approximate surface area is 215 Å². The number of sulfone groups is 1. The Morgan fingerprint density at radius 2 is 1.68 bits per heavy atom. The molecule has 0 aliphatic carbocycles. The smallest absolute Gasteiger partial charge is 0.204 e. The normalized spacial score (nSPS) is 14.2. The second-order valence-corrected chi connectivity index (χ2v) is 11.2. The van der Waals surface area contributed by atoms with E-state index in [0.717, 1.165) is 5.56 Å². The van der Waals surface area contributed by atoms with Crippen LogP contribution in [-0.4, -0.2) is 57.7 Å². The summed E-state index contributed by atoms with van der Waals surface area (Å²) in [5.41, 5.74) is -0.664. The Balaban J connectivity index is 1.84. The van der Waals surface area contributed by atoms with Gasteiger partial charge in [-0.25, -0.2) is 18.4 Å². The zero-order chi connectivity index (χ0) is 27.0. The minimum absolute atomic E-state index is 0.00814. The molecule has 0 saturated carbocycles. The molecule has 3 aromatic heterocycles. The maximum atomic E-state index is 13.6. The molecule has 1 N–H and O–H groups in total. The van der Waals surface area contributed by atoms with E-state index in [-0.39, 0.29) is 17.5 Å². The highest BCUT2D eigenvalue weighted by molar-refractivity contribution is 7.91. The topological polar surface area (TPSA) is 142 Å². The molecule has 4 rings (SSSR count). The van der Waals surface area contributed by atoms with E-state index >= 15 is 0 Å². The van der Waals surface area contributed by atoms with Crippen molar-refractivity contribution in [1.29, 1.82) is 0 Å². The second-order valence-electron chi connectivity index (χ2n) is 8.88. The van der Waals surface area contributed by atoms with E-state index in [9.17, 15) is 13.5 Å². The van der Waals surface area contributed by atoms with Crippen molar-refractivity contribution in [2.45, 2.75) is 44.3 Å². The van der Waals surface area contributed by atoms with Gasteiger partial charge in [-0.1, -0.05) is 6.07 Å². The molecular formula is C25H29N5O6S. The van der Waals surface area contributed by atoms with Gasteiger partial charge in [-0.3, -0.25) is 4.57 Å². The first kappa shape index (κ1) is 26.3. The molecule has 0 unspecified atom stereocenters. The van der Waals surface area contributed by atoms with Crippen molar-refractivity contribution in [2.75, 3.05) is 14.2 Å². The average Bonchev–Trinajstić information content (AvgIpc) is 3.48. The fourth-order valence-corrected chi connectivity index (χ4v) is 5.50. The van der Waals surface area contributed by atoms with Gasteiger partial charge in [-0.05, 0) is 57.5 Å². The Morgan fingerprint density at radius 3 is 2.22 bits per heavy atom. The summed E-state index contributed by atoms with van der Waals surface area (Å²) in [4.78, 5) is 8.29. The molecule has 11 nitrogen and oxygen atoms in total. The molecule has 0 spiro atoms. The highest BCUT2D eigenvalue weighted by Crippen LogP contribution is 2.37. The zero-order valence-corrected chi connectivity index (χ0v) is 22.3. The summed E-state index contributed by atoms with van der Waals surface area (Å²) in [6.45, 7) is 6.39. The van der Waals surface area contributed by atoms with Crippen molar-refractivity contribution in [3.63, 3.8) is 0 Å². The number of methoxy groups -OCH3 is 2. The Kier molecular flexibility index (Phi) is 7.07. The number of furan rings is 1. The summed E-state index contributed by atoms with van der Waals surface area (Å²) >= 11 is 0. The predicted molar refractivity (Wildman–Crippen MR) is 135 cm³/mol. The van der Waals surface area contributed by atoms with Gasteiger partial charge >= 0.3 is 0 Å². The molecular weight excluding hydrogens is 498 g/mol. The van der Waals surface area contributed by atoms with Gasteiger partial charge in [0.2, 0.25) is 5.82 Å². The molecule has 2 atom stereocenters. The van der Waals surface area contributed by atoms with Gasteiger partial charge in [-0.2, -0.15) is 0 Å². The van der Waals surface area contributed by atoms with Gasteiger partial charge in [0.05, 0.1) is 19.5 Å². The third-order valence-corrected chi connectivity index (χ3v) is 8.41. The summed E-state index contributed by atoms with van der Waals surface area (Å²) in [6.07, 6.45) is 3.05. The highest BCUT2D eigenvalue weighted by atomic mass is 32.2. The lowest BCUT2D eigenvalue weighted by atomic mass is 10.0. The third-order valence-electron chi connectivity index (χ3n) is 6.21. The molecule has 37 heavy (non-hydrogen) atoms. The van der Waals surface area contributed by atoms with Crippen molar-refractivity contribution in [3.8, 4) is 28.8 Å². The van der Waals surface area contributed by atoms with Crippen LogP contribution in [0.4, 0.5) is 0 Å². The van der Waals surface area contributed by atoms with E-state index in [2.05, 4.69) is 20.2 Å². The summed E-state index contributed by atoms with van der Waals surface area (Å²) in [6, 6.07) is 8.67. The molecule has 0 aliphatic heterocycles. The molecule has 1 aromatic carbocycles. The van der Waals surface area contributed by atoms with E-state index in [1.54, 1.807) is 44.2 Å². The van der Waals surface area contributed by atoms with Crippen LogP contribution in [0, 0.1) is 13.8 Å². The van der Waals surface area contributed by atoms with Crippen LogP contribution in [-0.2, 0) is 21.2 Å². The number of aromatic nitrogens is 5. The van der Waals surface area contributed by atoms with Crippen molar-refractivity contribution in [3.05, 3.63) is 65.7 Å². The number of para-hydroxylation sites is 1. The van der Waals surface area contributed by atoms with Crippen molar-refractivity contribution < 1.29 is 27.4 Å². The minimum atomic E-state index is -4.03. The number of hydrogen-bond acceptors (Lipinski definition) is 10. The van der Waals surface area contributed by atoms with Gasteiger partial charge in [0.25, 0.3) is 0 Å². The standard InChI is InChI=1S/C25H29N5O6S/c1-15-12-26-24(27-13-15)25(4,31)17(3)37(32,33)14-21-28-29-23(20-11-10-16(2)36-20)30(21)22-18(34-5)8-7-9-19(22)35-6/h7-13,17,31H,14H2,1-6H3/t17-,25+/m1/s1. The molecule has 0 bridgehead atoms. The van der Waals surface area contributed by atoms with Crippen LogP contribution in [0.3, 0.4) is 0 Å². The van der Waals surface area contributed by atoms with E-state index < -0.39 is 26.4 Å². The summed E-state index contributed by atoms with van der Waals surface area (Å²) < 4.78 is 45.8. The van der Waals surface area contributed by atoms with Crippen LogP contribution in [0.5, 0.6) is 11.5 Å². The average molecular weight is 528 g/mol. The Bertz CT molecular complexity index is 1490. The molecule has 196 valence electrons. The maximum Gasteiger partial charge on any atom is 0.204 e. The molecule has 0 radical (unpaired) electrons. The van der Waals surface area contributed by atoms with Crippen LogP contribution in [0.2, 0.25) is 0 Å². The summed E-state index contributed by atoms with van der Waals surface area (Å²) in [5, 5.41) is 18.4. The van der Waals surface area contributed by atoms with E-state index in [4.69, 9.17) is 13.9 Å². The van der Waals surface area contributed by atoms with E-state index in [0.29, 0.717) is 28.7 Å². The van der Waals surface area contributed by atoms with Crippen LogP contribution < -0.4 is 9.47 Å². The fraction of sp³-hybridized carbons (Fsp3) is 0.360. The number of nitrogens with zero attached hydrogens (tertiary/aromatic N) is 5. The van der Waals surface area contributed by atoms with Crippen molar-refractivity contribution in [2.24, 2.45) is 0 Å². The van der Waals surface area contributed by atoms with Crippen LogP contribution in [0.25, 0.3) is 17.3 Å². The summed E-state index contributed by atoms with van der Waals surface area (Å²) in [5.74, 6) is 1.66. The van der Waals surface area contributed by atoms with Crippen LogP contribution >= 0.6 is 0 Å². The number of aryl methyl sites for hydroxylation is 2. The molecule has 12 heteroatoms. The molecule has 0 aliphatic rings. The lowest BCUT2D eigenvalue weighted by Gasteiger charge is -2.28.